The van der Waals surface area contributed by atoms with Crippen molar-refractivity contribution in [2.45, 2.75) is 350 Å². The van der Waals surface area contributed by atoms with Crippen LogP contribution in [0.2, 0.25) is 0 Å². The van der Waals surface area contributed by atoms with Crippen LogP contribution < -0.4 is 50.1 Å². The second-order valence-corrected chi connectivity index (χ2v) is 25.3. The van der Waals surface area contributed by atoms with Gasteiger partial charge in [-0.2, -0.15) is 0 Å². The highest BCUT2D eigenvalue weighted by Gasteiger charge is 2.22. The molecular weight excluding hydrogens is 1100 g/mol. The first-order valence-electron chi connectivity index (χ1n) is 37.6. The number of rotatable bonds is 67. The highest BCUT2D eigenvalue weighted by atomic mass is 16.5. The lowest BCUT2D eigenvalue weighted by atomic mass is 10.1. The van der Waals surface area contributed by atoms with E-state index in [2.05, 4.69) is 63.2 Å². The first-order valence-corrected chi connectivity index (χ1v) is 37.6. The number of hydrazine groups is 2. The van der Waals surface area contributed by atoms with Gasteiger partial charge in [-0.1, -0.05) is 311 Å². The number of hydrogen-bond donors (Lipinski definition) is 4. The van der Waals surface area contributed by atoms with Crippen molar-refractivity contribution in [2.24, 2.45) is 0 Å². The Balaban J connectivity index is 2.24. The summed E-state index contributed by atoms with van der Waals surface area (Å²) in [4.78, 5) is 28.0. The third-order valence-corrected chi connectivity index (χ3v) is 16.9. The molecule has 0 saturated carbocycles. The van der Waals surface area contributed by atoms with E-state index >= 15 is 0 Å². The Bertz CT molecular complexity index is 1680. The number of unbranched alkanes of at least 4 members (excludes halogenated alkanes) is 42. The van der Waals surface area contributed by atoms with Crippen LogP contribution in [0.3, 0.4) is 0 Å². The van der Waals surface area contributed by atoms with E-state index in [0.29, 0.717) is 98.4 Å². The fourth-order valence-corrected chi connectivity index (χ4v) is 11.2. The second-order valence-electron chi connectivity index (χ2n) is 25.3. The zero-order chi connectivity index (χ0) is 63.3. The number of amides is 2. The van der Waals surface area contributed by atoms with Crippen LogP contribution in [-0.2, 0) is 0 Å². The molecule has 0 unspecified atom stereocenters. The van der Waals surface area contributed by atoms with Crippen molar-refractivity contribution < 1.29 is 38.0 Å². The second kappa shape index (κ2) is 60.7. The van der Waals surface area contributed by atoms with Gasteiger partial charge in [0.2, 0.25) is 11.5 Å². The molecular formula is C76H138N4O8. The molecule has 0 saturated heterocycles. The normalized spacial score (nSPS) is 11.3. The minimum absolute atomic E-state index is 0.309. The van der Waals surface area contributed by atoms with Gasteiger partial charge < -0.3 is 28.4 Å². The zero-order valence-corrected chi connectivity index (χ0v) is 58.2. The van der Waals surface area contributed by atoms with Crippen LogP contribution in [0.1, 0.15) is 370 Å². The lowest BCUT2D eigenvalue weighted by molar-refractivity contribution is 0.0915. The van der Waals surface area contributed by atoms with Crippen molar-refractivity contribution in [3.63, 3.8) is 0 Å². The molecule has 88 heavy (non-hydrogen) atoms. The van der Waals surface area contributed by atoms with E-state index in [4.69, 9.17) is 28.4 Å². The van der Waals surface area contributed by atoms with Crippen LogP contribution in [0, 0.1) is 0 Å². The van der Waals surface area contributed by atoms with Crippen molar-refractivity contribution in [3.8, 4) is 34.5 Å². The Labute approximate surface area is 541 Å². The van der Waals surface area contributed by atoms with Crippen molar-refractivity contribution >= 4 is 11.8 Å². The van der Waals surface area contributed by atoms with Gasteiger partial charge >= 0.3 is 0 Å². The summed E-state index contributed by atoms with van der Waals surface area (Å²) in [6, 6.07) is 7.22. The Morgan fingerprint density at radius 2 is 0.420 bits per heavy atom. The first kappa shape index (κ1) is 80.2. The minimum atomic E-state index is -0.309. The molecule has 2 aromatic carbocycles. The van der Waals surface area contributed by atoms with E-state index in [1.165, 1.54) is 231 Å². The lowest BCUT2D eigenvalue weighted by Gasteiger charge is -2.19. The van der Waals surface area contributed by atoms with Gasteiger partial charge in [0.25, 0.3) is 11.8 Å². The van der Waals surface area contributed by atoms with Gasteiger partial charge in [-0.05, 0) is 62.8 Å². The number of benzene rings is 2. The SMILES string of the molecule is CCCCCCCCCCOc1cc(C(=O)NNCCNNC(=O)c2cc(OCCCCCCCCCC)c(OCCCCCCCCCC)c(OCCCCCCCCCC)c2)cc(OCCCCCCCCCC)c1OCCCCCCCCCC. The van der Waals surface area contributed by atoms with Gasteiger partial charge in [0.15, 0.2) is 23.0 Å². The number of carbonyl (C=O) groups is 2. The molecule has 0 heterocycles. The Kier molecular flexibility index (Phi) is 55.3. The summed E-state index contributed by atoms with van der Waals surface area (Å²) in [5.41, 5.74) is 12.8. The van der Waals surface area contributed by atoms with Crippen LogP contribution in [0.5, 0.6) is 34.5 Å². The van der Waals surface area contributed by atoms with E-state index in [1.807, 2.05) is 0 Å². The minimum Gasteiger partial charge on any atom is -0.490 e. The molecule has 0 bridgehead atoms. The van der Waals surface area contributed by atoms with Crippen molar-refractivity contribution in [1.82, 2.24) is 21.7 Å². The highest BCUT2D eigenvalue weighted by Crippen LogP contribution is 2.41. The van der Waals surface area contributed by atoms with E-state index in [0.717, 1.165) is 77.0 Å². The number of ether oxygens (including phenoxy) is 6. The van der Waals surface area contributed by atoms with Crippen LogP contribution in [0.15, 0.2) is 24.3 Å². The molecule has 2 rings (SSSR count). The van der Waals surface area contributed by atoms with Crippen LogP contribution in [0.4, 0.5) is 0 Å². The van der Waals surface area contributed by atoms with Gasteiger partial charge in [0, 0.05) is 24.2 Å². The highest BCUT2D eigenvalue weighted by molar-refractivity contribution is 5.96. The number of hydrogen-bond acceptors (Lipinski definition) is 10. The molecule has 0 spiro atoms. The molecule has 0 atom stereocenters. The maximum atomic E-state index is 14.0. The Morgan fingerprint density at radius 3 is 0.614 bits per heavy atom. The summed E-state index contributed by atoms with van der Waals surface area (Å²) in [5, 5.41) is 0. The van der Waals surface area contributed by atoms with Crippen molar-refractivity contribution in [2.75, 3.05) is 52.7 Å². The third-order valence-electron chi connectivity index (χ3n) is 16.9. The fraction of sp³-hybridized carbons (Fsp3) is 0.816. The molecule has 0 aliphatic heterocycles. The van der Waals surface area contributed by atoms with Gasteiger partial charge in [-0.25, -0.2) is 10.9 Å². The molecule has 12 heteroatoms. The predicted octanol–water partition coefficient (Wildman–Crippen LogP) is 22.0. The van der Waals surface area contributed by atoms with E-state index in [-0.39, 0.29) is 11.8 Å². The molecule has 2 amide bonds. The Hall–Kier alpha value is -3.90. The molecule has 0 radical (unpaired) electrons. The smallest absolute Gasteiger partial charge is 0.265 e. The van der Waals surface area contributed by atoms with E-state index in [1.54, 1.807) is 24.3 Å². The molecule has 0 aliphatic carbocycles. The van der Waals surface area contributed by atoms with Crippen molar-refractivity contribution in [1.29, 1.82) is 0 Å². The summed E-state index contributed by atoms with van der Waals surface area (Å²) < 4.78 is 39.3. The predicted molar refractivity (Wildman–Crippen MR) is 372 cm³/mol. The van der Waals surface area contributed by atoms with E-state index in [9.17, 15) is 9.59 Å². The van der Waals surface area contributed by atoms with Gasteiger partial charge in [0.05, 0.1) is 39.6 Å². The average Bonchev–Trinajstić information content (AvgIpc) is 3.60. The van der Waals surface area contributed by atoms with Crippen LogP contribution in [-0.4, -0.2) is 64.5 Å². The first-order chi connectivity index (χ1) is 43.4. The topological polar surface area (TPSA) is 138 Å². The maximum absolute atomic E-state index is 14.0. The summed E-state index contributed by atoms with van der Waals surface area (Å²) in [6.45, 7) is 17.5. The van der Waals surface area contributed by atoms with Gasteiger partial charge in [-0.3, -0.25) is 20.4 Å². The summed E-state index contributed by atoms with van der Waals surface area (Å²) in [7, 11) is 0. The molecule has 510 valence electrons. The standard InChI is InChI=1S/C76H138N4O8/c1-7-13-19-25-31-37-43-49-57-83-69-63-67(64-70(84-58-50-44-38-32-26-20-14-8-2)73(69)87-61-53-47-41-35-29-23-17-11-5)75(81)79-77-55-56-78-80-76(82)68-65-71(85-59-51-45-39-33-27-21-15-9-3)74(88-62-54-48-42-36-30-24-18-12-6)72(66-68)86-60-52-46-40-34-28-22-16-10-4/h63-66,77-78H,7-62H2,1-6H3,(H,79,81)(H,80,82). The molecule has 12 nitrogen and oxygen atoms in total. The number of carbonyl (C=O) groups excluding carboxylic acids is 2. The fourth-order valence-electron chi connectivity index (χ4n) is 11.2. The van der Waals surface area contributed by atoms with Crippen LogP contribution in [0.25, 0.3) is 0 Å². The van der Waals surface area contributed by atoms with Crippen LogP contribution >= 0.6 is 0 Å². The largest absolute Gasteiger partial charge is 0.490 e. The van der Waals surface area contributed by atoms with E-state index < -0.39 is 0 Å². The maximum Gasteiger partial charge on any atom is 0.265 e. The summed E-state index contributed by atoms with van der Waals surface area (Å²) >= 11 is 0. The number of nitrogens with one attached hydrogen (secondary N) is 4. The third kappa shape index (κ3) is 43.7. The average molecular weight is 1240 g/mol. The van der Waals surface area contributed by atoms with Gasteiger partial charge in [-0.15, -0.1) is 0 Å². The Morgan fingerprint density at radius 1 is 0.250 bits per heavy atom. The monoisotopic (exact) mass is 1240 g/mol. The molecule has 0 aliphatic rings. The zero-order valence-electron chi connectivity index (χ0n) is 58.2. The molecule has 0 aromatic heterocycles. The molecule has 2 aromatic rings. The quantitative estimate of drug-likeness (QED) is 0.0374. The summed E-state index contributed by atoms with van der Waals surface area (Å²) in [6.07, 6.45) is 58.0. The molecule has 0 fully saturated rings. The van der Waals surface area contributed by atoms with Gasteiger partial charge in [0.1, 0.15) is 0 Å². The summed E-state index contributed by atoms with van der Waals surface area (Å²) in [5.74, 6) is 2.78. The molecule has 4 N–H and O–H groups in total. The van der Waals surface area contributed by atoms with Crippen molar-refractivity contribution in [3.05, 3.63) is 35.4 Å². The lowest BCUT2D eigenvalue weighted by Crippen LogP contribution is -2.45.